The van der Waals surface area contributed by atoms with Crippen LogP contribution in [0.1, 0.15) is 32.0 Å². The monoisotopic (exact) mass is 249 g/mol. The molecule has 1 heterocycles. The second-order valence-corrected chi connectivity index (χ2v) is 5.16. The molecule has 0 spiro atoms. The first kappa shape index (κ1) is 14.2. The van der Waals surface area contributed by atoms with E-state index in [2.05, 4.69) is 0 Å². The molecule has 98 valence electrons. The Morgan fingerprint density at radius 1 is 1.33 bits per heavy atom. The van der Waals surface area contributed by atoms with Crippen molar-refractivity contribution in [2.45, 2.75) is 33.3 Å². The van der Waals surface area contributed by atoms with Crippen LogP contribution in [0.25, 0.3) is 6.08 Å². The van der Waals surface area contributed by atoms with Crippen molar-refractivity contribution in [1.82, 2.24) is 4.57 Å². The number of pyridine rings is 1. The zero-order chi connectivity index (χ0) is 13.9. The number of esters is 1. The third kappa shape index (κ3) is 3.87. The highest BCUT2D eigenvalue weighted by Crippen LogP contribution is 2.08. The van der Waals surface area contributed by atoms with Crippen molar-refractivity contribution in [3.63, 3.8) is 0 Å². The molecular formula is C14H19NO3. The normalized spacial score (nSPS) is 11.8. The fourth-order valence-corrected chi connectivity index (χ4v) is 1.37. The lowest BCUT2D eigenvalue weighted by Crippen LogP contribution is -2.23. The van der Waals surface area contributed by atoms with Crippen molar-refractivity contribution in [2.24, 2.45) is 7.05 Å². The first-order chi connectivity index (χ1) is 8.20. The molecule has 1 rings (SSSR count). The third-order valence-electron chi connectivity index (χ3n) is 2.39. The summed E-state index contributed by atoms with van der Waals surface area (Å²) in [4.78, 5) is 23.3. The van der Waals surface area contributed by atoms with E-state index in [0.717, 1.165) is 5.69 Å². The number of aromatic nitrogens is 1. The van der Waals surface area contributed by atoms with Gasteiger partial charge >= 0.3 is 5.97 Å². The molecule has 0 aromatic carbocycles. The third-order valence-corrected chi connectivity index (χ3v) is 2.39. The standard InChI is InChI=1S/C14H19NO3/c1-10-6-7-11(13(17)15(10)5)8-9-12(16)18-14(2,3)4/h6-9H,1-5H3/b9-8+. The van der Waals surface area contributed by atoms with E-state index in [0.29, 0.717) is 5.56 Å². The van der Waals surface area contributed by atoms with Crippen molar-refractivity contribution in [2.75, 3.05) is 0 Å². The van der Waals surface area contributed by atoms with Gasteiger partial charge in [0.05, 0.1) is 0 Å². The van der Waals surface area contributed by atoms with Crippen molar-refractivity contribution in [3.8, 4) is 0 Å². The topological polar surface area (TPSA) is 48.3 Å². The Labute approximate surface area is 107 Å². The van der Waals surface area contributed by atoms with Crippen molar-refractivity contribution < 1.29 is 9.53 Å². The van der Waals surface area contributed by atoms with Crippen molar-refractivity contribution in [3.05, 3.63) is 39.8 Å². The van der Waals surface area contributed by atoms with Gasteiger partial charge in [0.1, 0.15) is 5.60 Å². The van der Waals surface area contributed by atoms with Gasteiger partial charge in [-0.3, -0.25) is 4.79 Å². The highest BCUT2D eigenvalue weighted by atomic mass is 16.6. The fourth-order valence-electron chi connectivity index (χ4n) is 1.37. The molecule has 0 saturated carbocycles. The molecule has 0 aliphatic heterocycles. The van der Waals surface area contributed by atoms with Gasteiger partial charge in [-0.25, -0.2) is 4.79 Å². The van der Waals surface area contributed by atoms with Crippen molar-refractivity contribution >= 4 is 12.0 Å². The van der Waals surface area contributed by atoms with Crippen LogP contribution in [0.3, 0.4) is 0 Å². The average molecular weight is 249 g/mol. The Bertz CT molecular complexity index is 533. The maximum atomic E-state index is 11.8. The van der Waals surface area contributed by atoms with Crippen LogP contribution in [0.15, 0.2) is 23.0 Å². The summed E-state index contributed by atoms with van der Waals surface area (Å²) in [6.45, 7) is 7.24. The molecule has 0 aliphatic carbocycles. The van der Waals surface area contributed by atoms with E-state index in [-0.39, 0.29) is 5.56 Å². The molecule has 0 N–H and O–H groups in total. The number of nitrogens with zero attached hydrogens (tertiary/aromatic N) is 1. The number of carbonyl (C=O) groups is 1. The van der Waals surface area contributed by atoms with Gasteiger partial charge in [-0.1, -0.05) is 0 Å². The summed E-state index contributed by atoms with van der Waals surface area (Å²) in [7, 11) is 1.70. The van der Waals surface area contributed by atoms with Crippen LogP contribution in [0.4, 0.5) is 0 Å². The van der Waals surface area contributed by atoms with Crippen molar-refractivity contribution in [1.29, 1.82) is 0 Å². The van der Waals surface area contributed by atoms with E-state index >= 15 is 0 Å². The van der Waals surface area contributed by atoms with Gasteiger partial charge in [0, 0.05) is 24.4 Å². The summed E-state index contributed by atoms with van der Waals surface area (Å²) in [6, 6.07) is 3.52. The second kappa shape index (κ2) is 5.21. The fraction of sp³-hybridized carbons (Fsp3) is 0.429. The second-order valence-electron chi connectivity index (χ2n) is 5.16. The summed E-state index contributed by atoms with van der Waals surface area (Å²) in [5, 5.41) is 0. The van der Waals surface area contributed by atoms with Gasteiger partial charge < -0.3 is 9.30 Å². The maximum absolute atomic E-state index is 11.8. The highest BCUT2D eigenvalue weighted by Gasteiger charge is 2.14. The van der Waals surface area contributed by atoms with Crippen LogP contribution >= 0.6 is 0 Å². The first-order valence-electron chi connectivity index (χ1n) is 5.78. The number of aryl methyl sites for hydroxylation is 1. The molecule has 1 aromatic rings. The Balaban J connectivity index is 2.90. The van der Waals surface area contributed by atoms with Crippen LogP contribution < -0.4 is 5.56 Å². The summed E-state index contributed by atoms with van der Waals surface area (Å²) < 4.78 is 6.66. The average Bonchev–Trinajstić information content (AvgIpc) is 2.22. The number of carbonyl (C=O) groups excluding carboxylic acids is 1. The molecule has 0 unspecified atom stereocenters. The molecule has 4 nitrogen and oxygen atoms in total. The van der Waals surface area contributed by atoms with Gasteiger partial charge in [0.15, 0.2) is 0 Å². The molecule has 1 aromatic heterocycles. The predicted molar refractivity (Wildman–Crippen MR) is 71.3 cm³/mol. The van der Waals surface area contributed by atoms with Gasteiger partial charge in [-0.2, -0.15) is 0 Å². The number of rotatable bonds is 2. The molecular weight excluding hydrogens is 230 g/mol. The lowest BCUT2D eigenvalue weighted by atomic mass is 10.2. The molecule has 0 radical (unpaired) electrons. The lowest BCUT2D eigenvalue weighted by Gasteiger charge is -2.17. The van der Waals surface area contributed by atoms with E-state index in [1.54, 1.807) is 33.9 Å². The summed E-state index contributed by atoms with van der Waals surface area (Å²) in [5.41, 5.74) is 0.679. The minimum Gasteiger partial charge on any atom is -0.457 e. The Morgan fingerprint density at radius 2 is 1.94 bits per heavy atom. The van der Waals surface area contributed by atoms with E-state index in [9.17, 15) is 9.59 Å². The lowest BCUT2D eigenvalue weighted by molar-refractivity contribution is -0.148. The molecule has 0 atom stereocenters. The Hall–Kier alpha value is -1.84. The highest BCUT2D eigenvalue weighted by molar-refractivity contribution is 5.87. The predicted octanol–water partition coefficient (Wildman–Crippen LogP) is 2.05. The van der Waals surface area contributed by atoms with Gasteiger partial charge in [0.2, 0.25) is 0 Å². The smallest absolute Gasteiger partial charge is 0.331 e. The SMILES string of the molecule is Cc1ccc(/C=C/C(=O)OC(C)(C)C)c(=O)n1C. The molecule has 18 heavy (non-hydrogen) atoms. The quantitative estimate of drug-likeness (QED) is 0.595. The number of hydrogen-bond donors (Lipinski definition) is 0. The molecule has 0 saturated heterocycles. The Kier molecular flexibility index (Phi) is 4.11. The Morgan fingerprint density at radius 3 is 2.50 bits per heavy atom. The molecule has 0 aliphatic rings. The van der Waals surface area contributed by atoms with E-state index in [1.807, 2.05) is 13.0 Å². The molecule has 4 heteroatoms. The summed E-state index contributed by atoms with van der Waals surface area (Å²) in [5.74, 6) is -0.454. The van der Waals surface area contributed by atoms with E-state index < -0.39 is 11.6 Å². The van der Waals surface area contributed by atoms with Gasteiger partial charge in [-0.15, -0.1) is 0 Å². The summed E-state index contributed by atoms with van der Waals surface area (Å²) in [6.07, 6.45) is 2.76. The minimum absolute atomic E-state index is 0.130. The van der Waals surface area contributed by atoms with Gasteiger partial charge in [-0.05, 0) is 45.9 Å². The maximum Gasteiger partial charge on any atom is 0.331 e. The van der Waals surface area contributed by atoms with E-state index in [1.165, 1.54) is 16.7 Å². The minimum atomic E-state index is -0.528. The van der Waals surface area contributed by atoms with Crippen LogP contribution in [0.2, 0.25) is 0 Å². The first-order valence-corrected chi connectivity index (χ1v) is 5.78. The number of ether oxygens (including phenoxy) is 1. The summed E-state index contributed by atoms with van der Waals surface area (Å²) >= 11 is 0. The van der Waals surface area contributed by atoms with Crippen LogP contribution in [0.5, 0.6) is 0 Å². The molecule has 0 fully saturated rings. The largest absolute Gasteiger partial charge is 0.457 e. The zero-order valence-electron chi connectivity index (χ0n) is 11.5. The van der Waals surface area contributed by atoms with E-state index in [4.69, 9.17) is 4.74 Å². The number of hydrogen-bond acceptors (Lipinski definition) is 3. The zero-order valence-corrected chi connectivity index (χ0v) is 11.5. The van der Waals surface area contributed by atoms with Crippen LogP contribution in [-0.4, -0.2) is 16.1 Å². The van der Waals surface area contributed by atoms with Crippen LogP contribution in [0, 0.1) is 6.92 Å². The van der Waals surface area contributed by atoms with Gasteiger partial charge in [0.25, 0.3) is 5.56 Å². The molecule has 0 amide bonds. The van der Waals surface area contributed by atoms with Crippen LogP contribution in [-0.2, 0) is 16.6 Å². The molecule has 0 bridgehead atoms.